The zero-order valence-electron chi connectivity index (χ0n) is 17.4. The number of fused-ring (bicyclic) bond motifs is 1. The number of anilines is 2. The Morgan fingerprint density at radius 3 is 2.73 bits per heavy atom. The molecule has 158 valence electrons. The van der Waals surface area contributed by atoms with Crippen molar-refractivity contribution < 1.29 is 14.3 Å². The van der Waals surface area contributed by atoms with Gasteiger partial charge in [0.2, 0.25) is 0 Å². The number of aromatic nitrogens is 2. The SMILES string of the molecule is CNC(=O)n1ccc(N2CCOc3cc(C(=O)N4CCC(C)(C)C4)cnc32)cc1=N. The van der Waals surface area contributed by atoms with Crippen molar-refractivity contribution in [1.82, 2.24) is 19.8 Å². The molecule has 0 saturated carbocycles. The second-order valence-corrected chi connectivity index (χ2v) is 8.38. The highest BCUT2D eigenvalue weighted by atomic mass is 16.5. The first-order valence-electron chi connectivity index (χ1n) is 9.98. The third-order valence-electron chi connectivity index (χ3n) is 5.56. The predicted octanol–water partition coefficient (Wildman–Crippen LogP) is 1.95. The molecule has 0 spiro atoms. The molecule has 2 aromatic heterocycles. The lowest BCUT2D eigenvalue weighted by Gasteiger charge is -2.30. The van der Waals surface area contributed by atoms with Gasteiger partial charge in [-0.1, -0.05) is 13.8 Å². The summed E-state index contributed by atoms with van der Waals surface area (Å²) in [6, 6.07) is 4.74. The molecule has 1 saturated heterocycles. The van der Waals surface area contributed by atoms with Gasteiger partial charge in [-0.05, 0) is 24.0 Å². The van der Waals surface area contributed by atoms with Crippen molar-refractivity contribution >= 4 is 23.4 Å². The molecule has 0 radical (unpaired) electrons. The van der Waals surface area contributed by atoms with Crippen LogP contribution in [0, 0.1) is 10.8 Å². The largest absolute Gasteiger partial charge is 0.488 e. The zero-order chi connectivity index (χ0) is 21.5. The second kappa shape index (κ2) is 7.47. The van der Waals surface area contributed by atoms with E-state index in [1.807, 2.05) is 9.80 Å². The van der Waals surface area contributed by atoms with Gasteiger partial charge in [0.05, 0.1) is 12.1 Å². The van der Waals surface area contributed by atoms with Crippen LogP contribution < -0.4 is 20.4 Å². The van der Waals surface area contributed by atoms with Crippen molar-refractivity contribution in [1.29, 1.82) is 5.41 Å². The second-order valence-electron chi connectivity index (χ2n) is 8.38. The number of carbonyl (C=O) groups is 2. The first-order chi connectivity index (χ1) is 14.3. The topological polar surface area (TPSA) is 104 Å². The molecule has 2 aliphatic heterocycles. The molecule has 4 heterocycles. The van der Waals surface area contributed by atoms with Crippen LogP contribution in [0.5, 0.6) is 5.75 Å². The Labute approximate surface area is 174 Å². The van der Waals surface area contributed by atoms with Gasteiger partial charge in [0.25, 0.3) is 5.91 Å². The predicted molar refractivity (Wildman–Crippen MR) is 111 cm³/mol. The number of amides is 2. The maximum absolute atomic E-state index is 12.9. The Morgan fingerprint density at radius 2 is 2.07 bits per heavy atom. The van der Waals surface area contributed by atoms with Crippen LogP contribution >= 0.6 is 0 Å². The Balaban J connectivity index is 1.61. The summed E-state index contributed by atoms with van der Waals surface area (Å²) in [5.41, 5.74) is 1.44. The third kappa shape index (κ3) is 3.62. The molecule has 0 aromatic carbocycles. The summed E-state index contributed by atoms with van der Waals surface area (Å²) in [7, 11) is 1.52. The van der Waals surface area contributed by atoms with E-state index in [0.717, 1.165) is 25.2 Å². The molecule has 30 heavy (non-hydrogen) atoms. The fourth-order valence-electron chi connectivity index (χ4n) is 3.89. The molecule has 0 atom stereocenters. The van der Waals surface area contributed by atoms with Crippen molar-refractivity contribution in [2.24, 2.45) is 5.41 Å². The number of rotatable bonds is 2. The zero-order valence-corrected chi connectivity index (χ0v) is 17.4. The molecule has 2 N–H and O–H groups in total. The van der Waals surface area contributed by atoms with Crippen molar-refractivity contribution in [3.63, 3.8) is 0 Å². The average Bonchev–Trinajstić information content (AvgIpc) is 3.11. The van der Waals surface area contributed by atoms with Crippen LogP contribution in [-0.2, 0) is 0 Å². The normalized spacial score (nSPS) is 17.3. The fraction of sp³-hybridized carbons (Fsp3) is 0.429. The standard InChI is InChI=1S/C21H26N6O3/c1-21(2)5-7-25(13-21)19(28)14-10-16-18(24-12-14)26(8-9-30-16)15-4-6-27(17(22)11-15)20(29)23-3/h4,6,10-12,22H,5,7-9,13H2,1-3H3,(H,23,29). The minimum Gasteiger partial charge on any atom is -0.488 e. The number of carbonyl (C=O) groups excluding carboxylic acids is 2. The van der Waals surface area contributed by atoms with E-state index < -0.39 is 0 Å². The molecule has 1 fully saturated rings. The van der Waals surface area contributed by atoms with Crippen molar-refractivity contribution in [3.8, 4) is 5.75 Å². The van der Waals surface area contributed by atoms with Gasteiger partial charge in [-0.25, -0.2) is 9.78 Å². The highest BCUT2D eigenvalue weighted by Gasteiger charge is 2.33. The summed E-state index contributed by atoms with van der Waals surface area (Å²) in [5, 5.41) is 10.6. The first-order valence-corrected chi connectivity index (χ1v) is 9.98. The van der Waals surface area contributed by atoms with E-state index in [1.54, 1.807) is 30.6 Å². The first kappa shape index (κ1) is 19.9. The summed E-state index contributed by atoms with van der Waals surface area (Å²) in [4.78, 5) is 33.0. The van der Waals surface area contributed by atoms with E-state index in [2.05, 4.69) is 24.1 Å². The van der Waals surface area contributed by atoms with E-state index >= 15 is 0 Å². The summed E-state index contributed by atoms with van der Waals surface area (Å²) < 4.78 is 7.01. The Kier molecular flexibility index (Phi) is 4.97. The average molecular weight is 410 g/mol. The Bertz CT molecular complexity index is 1060. The third-order valence-corrected chi connectivity index (χ3v) is 5.56. The van der Waals surface area contributed by atoms with Gasteiger partial charge in [0, 0.05) is 44.3 Å². The summed E-state index contributed by atoms with van der Waals surface area (Å²) >= 11 is 0. The lowest BCUT2D eigenvalue weighted by atomic mass is 9.93. The highest BCUT2D eigenvalue weighted by Crippen LogP contribution is 2.36. The lowest BCUT2D eigenvalue weighted by Crippen LogP contribution is -2.35. The maximum atomic E-state index is 12.9. The van der Waals surface area contributed by atoms with E-state index in [4.69, 9.17) is 10.1 Å². The van der Waals surface area contributed by atoms with Gasteiger partial charge >= 0.3 is 6.03 Å². The van der Waals surface area contributed by atoms with Gasteiger partial charge in [-0.15, -0.1) is 0 Å². The molecule has 0 unspecified atom stereocenters. The number of pyridine rings is 2. The minimum absolute atomic E-state index is 0.0311. The van der Waals surface area contributed by atoms with Crippen LogP contribution in [-0.4, -0.2) is 59.7 Å². The maximum Gasteiger partial charge on any atom is 0.326 e. The molecule has 9 heteroatoms. The van der Waals surface area contributed by atoms with Crippen LogP contribution in [0.25, 0.3) is 0 Å². The monoisotopic (exact) mass is 410 g/mol. The molecular formula is C21H26N6O3. The van der Waals surface area contributed by atoms with E-state index in [-0.39, 0.29) is 22.8 Å². The van der Waals surface area contributed by atoms with Gasteiger partial charge in [-0.2, -0.15) is 0 Å². The van der Waals surface area contributed by atoms with E-state index in [0.29, 0.717) is 30.3 Å². The summed E-state index contributed by atoms with van der Waals surface area (Å²) in [6.45, 7) is 6.80. The smallest absolute Gasteiger partial charge is 0.326 e. The number of ether oxygens (including phenoxy) is 1. The lowest BCUT2D eigenvalue weighted by molar-refractivity contribution is 0.0777. The van der Waals surface area contributed by atoms with Gasteiger partial charge in [0.15, 0.2) is 11.6 Å². The molecule has 2 aromatic rings. The van der Waals surface area contributed by atoms with Crippen molar-refractivity contribution in [2.75, 3.05) is 38.2 Å². The minimum atomic E-state index is -0.375. The summed E-state index contributed by atoms with van der Waals surface area (Å²) in [6.07, 6.45) is 4.13. The van der Waals surface area contributed by atoms with Crippen LogP contribution in [0.2, 0.25) is 0 Å². The molecule has 9 nitrogen and oxygen atoms in total. The molecule has 4 rings (SSSR count). The number of likely N-dealkylation sites (tertiary alicyclic amines) is 1. The molecule has 0 bridgehead atoms. The van der Waals surface area contributed by atoms with Gasteiger partial charge in [0.1, 0.15) is 12.1 Å². The van der Waals surface area contributed by atoms with Crippen LogP contribution in [0.4, 0.5) is 16.3 Å². The van der Waals surface area contributed by atoms with Crippen molar-refractivity contribution in [2.45, 2.75) is 20.3 Å². The Hall–Kier alpha value is -3.36. The highest BCUT2D eigenvalue weighted by molar-refractivity contribution is 5.95. The number of nitrogens with one attached hydrogen (secondary N) is 2. The van der Waals surface area contributed by atoms with E-state index in [9.17, 15) is 9.59 Å². The number of nitrogens with zero attached hydrogens (tertiary/aromatic N) is 4. The Morgan fingerprint density at radius 1 is 1.27 bits per heavy atom. The number of hydrogen-bond donors (Lipinski definition) is 2. The quantitative estimate of drug-likeness (QED) is 0.788. The van der Waals surface area contributed by atoms with Crippen molar-refractivity contribution in [3.05, 3.63) is 41.6 Å². The van der Waals surface area contributed by atoms with E-state index in [1.165, 1.54) is 11.6 Å². The van der Waals surface area contributed by atoms with Crippen LogP contribution in [0.3, 0.4) is 0 Å². The van der Waals surface area contributed by atoms with Gasteiger partial charge < -0.3 is 19.9 Å². The summed E-state index contributed by atoms with van der Waals surface area (Å²) in [5.74, 6) is 1.10. The van der Waals surface area contributed by atoms with Crippen LogP contribution in [0.15, 0.2) is 30.6 Å². The fourth-order valence-corrected chi connectivity index (χ4v) is 3.89. The molecule has 2 aliphatic rings. The molecule has 2 amide bonds. The molecular weight excluding hydrogens is 384 g/mol. The van der Waals surface area contributed by atoms with Gasteiger partial charge in [-0.3, -0.25) is 14.8 Å². The van der Waals surface area contributed by atoms with Crippen LogP contribution in [0.1, 0.15) is 30.6 Å². The molecule has 0 aliphatic carbocycles. The number of hydrogen-bond acceptors (Lipinski definition) is 6.